The molecule has 0 aliphatic carbocycles. The highest BCUT2D eigenvalue weighted by atomic mass is 15.2. The maximum Gasteiger partial charge on any atom is 0.0686 e. The highest BCUT2D eigenvalue weighted by molar-refractivity contribution is 5.58. The fourth-order valence-corrected chi connectivity index (χ4v) is 2.45. The SMILES string of the molecule is CN1CNC(c2ccccc2)c2ccccc21. The summed E-state index contributed by atoms with van der Waals surface area (Å²) in [5.41, 5.74) is 4.00. The van der Waals surface area contributed by atoms with Crippen LogP contribution in [0.25, 0.3) is 0 Å². The molecule has 86 valence electrons. The lowest BCUT2D eigenvalue weighted by Crippen LogP contribution is -2.39. The molecule has 0 aromatic heterocycles. The first-order chi connectivity index (χ1) is 8.36. The van der Waals surface area contributed by atoms with Crippen molar-refractivity contribution in [2.75, 3.05) is 18.6 Å². The Morgan fingerprint density at radius 3 is 2.53 bits per heavy atom. The molecule has 2 heteroatoms. The molecule has 1 heterocycles. The number of anilines is 1. The van der Waals surface area contributed by atoms with Gasteiger partial charge in [0, 0.05) is 12.7 Å². The Morgan fingerprint density at radius 1 is 1.00 bits per heavy atom. The third-order valence-electron chi connectivity index (χ3n) is 3.32. The normalized spacial score (nSPS) is 18.9. The molecule has 2 aromatic carbocycles. The number of hydrogen-bond acceptors (Lipinski definition) is 2. The van der Waals surface area contributed by atoms with Gasteiger partial charge in [0.05, 0.1) is 12.7 Å². The van der Waals surface area contributed by atoms with Crippen LogP contribution in [0.15, 0.2) is 54.6 Å². The zero-order valence-corrected chi connectivity index (χ0v) is 9.93. The van der Waals surface area contributed by atoms with Crippen molar-refractivity contribution in [1.82, 2.24) is 5.32 Å². The highest BCUT2D eigenvalue weighted by Gasteiger charge is 2.22. The number of rotatable bonds is 1. The van der Waals surface area contributed by atoms with Gasteiger partial charge in [-0.25, -0.2) is 0 Å². The van der Waals surface area contributed by atoms with Crippen LogP contribution in [-0.2, 0) is 0 Å². The molecule has 1 N–H and O–H groups in total. The minimum atomic E-state index is 0.309. The van der Waals surface area contributed by atoms with Crippen LogP contribution < -0.4 is 10.2 Å². The predicted molar refractivity (Wildman–Crippen MR) is 71.1 cm³/mol. The topological polar surface area (TPSA) is 15.3 Å². The van der Waals surface area contributed by atoms with Crippen LogP contribution in [-0.4, -0.2) is 13.7 Å². The van der Waals surface area contributed by atoms with Crippen molar-refractivity contribution in [1.29, 1.82) is 0 Å². The molecule has 17 heavy (non-hydrogen) atoms. The van der Waals surface area contributed by atoms with Crippen LogP contribution in [0.2, 0.25) is 0 Å². The summed E-state index contributed by atoms with van der Waals surface area (Å²) in [5.74, 6) is 0. The molecular weight excluding hydrogens is 208 g/mol. The predicted octanol–water partition coefficient (Wildman–Crippen LogP) is 2.77. The van der Waals surface area contributed by atoms with E-state index in [0.717, 1.165) is 6.67 Å². The number of nitrogens with zero attached hydrogens (tertiary/aromatic N) is 1. The maximum absolute atomic E-state index is 3.57. The Hall–Kier alpha value is -1.80. The Kier molecular flexibility index (Phi) is 2.57. The lowest BCUT2D eigenvalue weighted by molar-refractivity contribution is 0.572. The second-order valence-electron chi connectivity index (χ2n) is 4.46. The van der Waals surface area contributed by atoms with Crippen molar-refractivity contribution in [3.8, 4) is 0 Å². The van der Waals surface area contributed by atoms with Crippen LogP contribution in [0, 0.1) is 0 Å². The number of hydrogen-bond donors (Lipinski definition) is 1. The van der Waals surface area contributed by atoms with Gasteiger partial charge < -0.3 is 4.90 Å². The largest absolute Gasteiger partial charge is 0.362 e. The van der Waals surface area contributed by atoms with Crippen molar-refractivity contribution in [2.24, 2.45) is 0 Å². The Bertz CT molecular complexity index is 507. The van der Waals surface area contributed by atoms with Gasteiger partial charge in [0.15, 0.2) is 0 Å². The van der Waals surface area contributed by atoms with Gasteiger partial charge in [0.1, 0.15) is 0 Å². The van der Waals surface area contributed by atoms with Gasteiger partial charge in [0.25, 0.3) is 0 Å². The molecule has 2 aromatic rings. The fourth-order valence-electron chi connectivity index (χ4n) is 2.45. The van der Waals surface area contributed by atoms with Gasteiger partial charge in [-0.3, -0.25) is 5.32 Å². The van der Waals surface area contributed by atoms with E-state index in [-0.39, 0.29) is 0 Å². The Morgan fingerprint density at radius 2 is 1.71 bits per heavy atom. The summed E-state index contributed by atoms with van der Waals surface area (Å²) < 4.78 is 0. The summed E-state index contributed by atoms with van der Waals surface area (Å²) in [6, 6.07) is 19.5. The van der Waals surface area contributed by atoms with Crippen LogP contribution in [0.5, 0.6) is 0 Å². The number of fused-ring (bicyclic) bond motifs is 1. The smallest absolute Gasteiger partial charge is 0.0686 e. The van der Waals surface area contributed by atoms with E-state index in [9.17, 15) is 0 Å². The summed E-state index contributed by atoms with van der Waals surface area (Å²) in [4.78, 5) is 2.24. The Balaban J connectivity index is 2.07. The molecule has 0 spiro atoms. The van der Waals surface area contributed by atoms with Crippen LogP contribution in [0.4, 0.5) is 5.69 Å². The van der Waals surface area contributed by atoms with Crippen molar-refractivity contribution in [3.05, 3.63) is 65.7 Å². The molecule has 1 atom stereocenters. The Labute approximate surface area is 102 Å². The third-order valence-corrected chi connectivity index (χ3v) is 3.32. The maximum atomic E-state index is 3.57. The molecule has 1 unspecified atom stereocenters. The van der Waals surface area contributed by atoms with Gasteiger partial charge in [-0.1, -0.05) is 48.5 Å². The average Bonchev–Trinajstić information content (AvgIpc) is 2.41. The fraction of sp³-hybridized carbons (Fsp3) is 0.200. The second-order valence-corrected chi connectivity index (χ2v) is 4.46. The molecule has 0 amide bonds. The average molecular weight is 224 g/mol. The summed E-state index contributed by atoms with van der Waals surface area (Å²) >= 11 is 0. The van der Waals surface area contributed by atoms with Gasteiger partial charge in [-0.15, -0.1) is 0 Å². The van der Waals surface area contributed by atoms with Gasteiger partial charge in [0.2, 0.25) is 0 Å². The lowest BCUT2D eigenvalue weighted by atomic mass is 9.95. The van der Waals surface area contributed by atoms with Crippen LogP contribution >= 0.6 is 0 Å². The van der Waals surface area contributed by atoms with E-state index in [4.69, 9.17) is 0 Å². The van der Waals surface area contributed by atoms with Gasteiger partial charge >= 0.3 is 0 Å². The first kappa shape index (κ1) is 10.4. The van der Waals surface area contributed by atoms with Gasteiger partial charge in [-0.05, 0) is 17.2 Å². The molecule has 0 bridgehead atoms. The van der Waals surface area contributed by atoms with E-state index < -0.39 is 0 Å². The minimum absolute atomic E-state index is 0.309. The van der Waals surface area contributed by atoms with Crippen LogP contribution in [0.3, 0.4) is 0 Å². The van der Waals surface area contributed by atoms with E-state index in [0.29, 0.717) is 6.04 Å². The molecular formula is C15H16N2. The van der Waals surface area contributed by atoms with Crippen molar-refractivity contribution >= 4 is 5.69 Å². The summed E-state index contributed by atoms with van der Waals surface area (Å²) in [5, 5.41) is 3.57. The quantitative estimate of drug-likeness (QED) is 0.801. The third kappa shape index (κ3) is 1.81. The van der Waals surface area contributed by atoms with Crippen molar-refractivity contribution < 1.29 is 0 Å². The monoisotopic (exact) mass is 224 g/mol. The zero-order chi connectivity index (χ0) is 11.7. The van der Waals surface area contributed by atoms with E-state index in [1.54, 1.807) is 0 Å². The summed E-state index contributed by atoms with van der Waals surface area (Å²) in [7, 11) is 2.12. The van der Waals surface area contributed by atoms with Crippen molar-refractivity contribution in [3.63, 3.8) is 0 Å². The van der Waals surface area contributed by atoms with Gasteiger partial charge in [-0.2, -0.15) is 0 Å². The van der Waals surface area contributed by atoms with E-state index in [1.807, 2.05) is 0 Å². The van der Waals surface area contributed by atoms with E-state index >= 15 is 0 Å². The zero-order valence-electron chi connectivity index (χ0n) is 9.93. The minimum Gasteiger partial charge on any atom is -0.362 e. The standard InChI is InChI=1S/C15H16N2/c1-17-11-16-15(12-7-3-2-4-8-12)13-9-5-6-10-14(13)17/h2-10,15-16H,11H2,1H3. The number of benzene rings is 2. The molecule has 1 aliphatic rings. The highest BCUT2D eigenvalue weighted by Crippen LogP contribution is 2.32. The lowest BCUT2D eigenvalue weighted by Gasteiger charge is -2.34. The van der Waals surface area contributed by atoms with E-state index in [2.05, 4.69) is 71.9 Å². The second kappa shape index (κ2) is 4.22. The molecule has 1 aliphatic heterocycles. The number of nitrogens with one attached hydrogen (secondary N) is 1. The van der Waals surface area contributed by atoms with Crippen molar-refractivity contribution in [2.45, 2.75) is 6.04 Å². The summed E-state index contributed by atoms with van der Waals surface area (Å²) in [6.07, 6.45) is 0. The molecule has 0 fully saturated rings. The first-order valence-corrected chi connectivity index (χ1v) is 5.94. The molecule has 0 saturated carbocycles. The molecule has 2 nitrogen and oxygen atoms in total. The molecule has 0 saturated heterocycles. The molecule has 0 radical (unpaired) electrons. The molecule has 3 rings (SSSR count). The summed E-state index contributed by atoms with van der Waals surface area (Å²) in [6.45, 7) is 0.885. The number of para-hydroxylation sites is 1. The first-order valence-electron chi connectivity index (χ1n) is 5.94. The van der Waals surface area contributed by atoms with Crippen LogP contribution in [0.1, 0.15) is 17.2 Å². The van der Waals surface area contributed by atoms with E-state index in [1.165, 1.54) is 16.8 Å².